The Morgan fingerprint density at radius 3 is 2.38 bits per heavy atom. The first-order valence-electron chi connectivity index (χ1n) is 9.52. The fourth-order valence-corrected chi connectivity index (χ4v) is 2.98. The minimum Gasteiger partial charge on any atom is -0.484 e. The number of halogens is 2. The van der Waals surface area contributed by atoms with Gasteiger partial charge in [0.1, 0.15) is 11.8 Å². The van der Waals surface area contributed by atoms with Crippen molar-refractivity contribution in [1.82, 2.24) is 10.2 Å². The van der Waals surface area contributed by atoms with Crippen LogP contribution in [0.15, 0.2) is 48.5 Å². The standard InChI is InChI=1S/C22H26Cl2N2O3/c1-4-15(2)25-22(28)16(3)26(13-17-6-5-7-19(24)12-17)21(27)14-29-20-10-8-18(23)9-11-20/h5-12,15-16H,4,13-14H2,1-3H3,(H,25,28)/t15-,16-/m0/s1. The lowest BCUT2D eigenvalue weighted by Crippen LogP contribution is -2.50. The Bertz CT molecular complexity index is 827. The second kappa shape index (κ2) is 11.1. The molecule has 1 N–H and O–H groups in total. The van der Waals surface area contributed by atoms with Gasteiger partial charge in [0.2, 0.25) is 5.91 Å². The minimum atomic E-state index is -0.663. The highest BCUT2D eigenvalue weighted by molar-refractivity contribution is 6.30. The summed E-state index contributed by atoms with van der Waals surface area (Å²) in [6.07, 6.45) is 0.806. The third-order valence-corrected chi connectivity index (χ3v) is 5.07. The molecule has 0 aromatic heterocycles. The van der Waals surface area contributed by atoms with Crippen LogP contribution in [0.25, 0.3) is 0 Å². The van der Waals surface area contributed by atoms with E-state index in [1.807, 2.05) is 26.0 Å². The van der Waals surface area contributed by atoms with E-state index in [9.17, 15) is 9.59 Å². The third-order valence-electron chi connectivity index (χ3n) is 4.59. The smallest absolute Gasteiger partial charge is 0.261 e. The predicted octanol–water partition coefficient (Wildman–Crippen LogP) is 4.70. The Labute approximate surface area is 181 Å². The van der Waals surface area contributed by atoms with Crippen LogP contribution in [0.2, 0.25) is 10.0 Å². The van der Waals surface area contributed by atoms with Crippen LogP contribution in [-0.4, -0.2) is 35.4 Å². The lowest BCUT2D eigenvalue weighted by Gasteiger charge is -2.29. The highest BCUT2D eigenvalue weighted by Crippen LogP contribution is 2.17. The minimum absolute atomic E-state index is 0.0263. The van der Waals surface area contributed by atoms with Crippen molar-refractivity contribution in [1.29, 1.82) is 0 Å². The first-order valence-corrected chi connectivity index (χ1v) is 10.3. The summed E-state index contributed by atoms with van der Waals surface area (Å²) >= 11 is 11.9. The summed E-state index contributed by atoms with van der Waals surface area (Å²) in [4.78, 5) is 27.1. The van der Waals surface area contributed by atoms with Gasteiger partial charge in [-0.2, -0.15) is 0 Å². The molecule has 2 aromatic carbocycles. The summed E-state index contributed by atoms with van der Waals surface area (Å²) in [7, 11) is 0. The number of benzene rings is 2. The van der Waals surface area contributed by atoms with Gasteiger partial charge < -0.3 is 15.0 Å². The Kier molecular flexibility index (Phi) is 8.80. The van der Waals surface area contributed by atoms with E-state index >= 15 is 0 Å². The van der Waals surface area contributed by atoms with Crippen molar-refractivity contribution < 1.29 is 14.3 Å². The van der Waals surface area contributed by atoms with Crippen molar-refractivity contribution >= 4 is 35.0 Å². The first kappa shape index (κ1) is 23.0. The lowest BCUT2D eigenvalue weighted by atomic mass is 10.1. The molecule has 2 atom stereocenters. The van der Waals surface area contributed by atoms with Crippen LogP contribution in [0.4, 0.5) is 0 Å². The maximum atomic E-state index is 12.9. The predicted molar refractivity (Wildman–Crippen MR) is 116 cm³/mol. The van der Waals surface area contributed by atoms with E-state index in [4.69, 9.17) is 27.9 Å². The van der Waals surface area contributed by atoms with Gasteiger partial charge in [0.05, 0.1) is 0 Å². The van der Waals surface area contributed by atoms with E-state index in [-0.39, 0.29) is 31.0 Å². The number of nitrogens with zero attached hydrogens (tertiary/aromatic N) is 1. The molecule has 2 amide bonds. The second-order valence-electron chi connectivity index (χ2n) is 6.89. The van der Waals surface area contributed by atoms with Crippen molar-refractivity contribution in [2.24, 2.45) is 0 Å². The molecule has 0 unspecified atom stereocenters. The molecule has 0 heterocycles. The van der Waals surface area contributed by atoms with Crippen LogP contribution in [0.5, 0.6) is 5.75 Å². The van der Waals surface area contributed by atoms with E-state index < -0.39 is 6.04 Å². The van der Waals surface area contributed by atoms with Gasteiger partial charge in [0.25, 0.3) is 5.91 Å². The van der Waals surface area contributed by atoms with Gasteiger partial charge in [0.15, 0.2) is 6.61 Å². The molecule has 0 fully saturated rings. The molecule has 0 saturated heterocycles. The van der Waals surface area contributed by atoms with Crippen LogP contribution in [0.3, 0.4) is 0 Å². The van der Waals surface area contributed by atoms with Crippen molar-refractivity contribution in [2.75, 3.05) is 6.61 Å². The van der Waals surface area contributed by atoms with Crippen LogP contribution in [-0.2, 0) is 16.1 Å². The molecule has 0 radical (unpaired) electrons. The van der Waals surface area contributed by atoms with Gasteiger partial charge in [-0.05, 0) is 62.2 Å². The number of carbonyl (C=O) groups excluding carboxylic acids is 2. The summed E-state index contributed by atoms with van der Waals surface area (Å²) in [5.74, 6) is 0.0233. The number of nitrogens with one attached hydrogen (secondary N) is 1. The van der Waals surface area contributed by atoms with Crippen LogP contribution >= 0.6 is 23.2 Å². The Balaban J connectivity index is 2.14. The quantitative estimate of drug-likeness (QED) is 0.619. The summed E-state index contributed by atoms with van der Waals surface area (Å²) in [6, 6.07) is 13.3. The number of amides is 2. The molecule has 2 rings (SSSR count). The zero-order valence-electron chi connectivity index (χ0n) is 16.8. The molecule has 156 valence electrons. The first-order chi connectivity index (χ1) is 13.8. The van der Waals surface area contributed by atoms with Gasteiger partial charge >= 0.3 is 0 Å². The molecular weight excluding hydrogens is 411 g/mol. The zero-order chi connectivity index (χ0) is 21.4. The summed E-state index contributed by atoms with van der Waals surface area (Å²) in [5.41, 5.74) is 0.834. The van der Waals surface area contributed by atoms with E-state index in [1.54, 1.807) is 43.3 Å². The molecule has 0 aliphatic rings. The fourth-order valence-electron chi connectivity index (χ4n) is 2.64. The maximum absolute atomic E-state index is 12.9. The average molecular weight is 437 g/mol. The van der Waals surface area contributed by atoms with E-state index in [0.29, 0.717) is 15.8 Å². The van der Waals surface area contributed by atoms with Gasteiger partial charge in [-0.3, -0.25) is 9.59 Å². The molecule has 5 nitrogen and oxygen atoms in total. The molecule has 7 heteroatoms. The molecule has 0 saturated carbocycles. The van der Waals surface area contributed by atoms with Crippen molar-refractivity contribution in [3.05, 3.63) is 64.1 Å². The van der Waals surface area contributed by atoms with Crippen molar-refractivity contribution in [2.45, 2.75) is 45.8 Å². The van der Waals surface area contributed by atoms with E-state index in [1.165, 1.54) is 4.90 Å². The lowest BCUT2D eigenvalue weighted by molar-refractivity contribution is -0.142. The van der Waals surface area contributed by atoms with Crippen LogP contribution in [0.1, 0.15) is 32.8 Å². The summed E-state index contributed by atoms with van der Waals surface area (Å²) < 4.78 is 5.59. The molecule has 29 heavy (non-hydrogen) atoms. The molecular formula is C22H26Cl2N2O3. The maximum Gasteiger partial charge on any atom is 0.261 e. The van der Waals surface area contributed by atoms with Crippen LogP contribution < -0.4 is 10.1 Å². The summed E-state index contributed by atoms with van der Waals surface area (Å²) in [6.45, 7) is 5.69. The highest BCUT2D eigenvalue weighted by Gasteiger charge is 2.27. The SMILES string of the molecule is CC[C@H](C)NC(=O)[C@H](C)N(Cc1cccc(Cl)c1)C(=O)COc1ccc(Cl)cc1. The zero-order valence-corrected chi connectivity index (χ0v) is 18.3. The highest BCUT2D eigenvalue weighted by atomic mass is 35.5. The van der Waals surface area contributed by atoms with Gasteiger partial charge in [-0.1, -0.05) is 42.3 Å². The van der Waals surface area contributed by atoms with Gasteiger partial charge in [-0.15, -0.1) is 0 Å². The van der Waals surface area contributed by atoms with Crippen LogP contribution in [0, 0.1) is 0 Å². The molecule has 0 bridgehead atoms. The number of hydrogen-bond donors (Lipinski definition) is 1. The number of carbonyl (C=O) groups is 2. The topological polar surface area (TPSA) is 58.6 Å². The Morgan fingerprint density at radius 1 is 1.07 bits per heavy atom. The number of ether oxygens (including phenoxy) is 1. The third kappa shape index (κ3) is 7.26. The number of hydrogen-bond acceptors (Lipinski definition) is 3. The average Bonchev–Trinajstić information content (AvgIpc) is 2.70. The largest absolute Gasteiger partial charge is 0.484 e. The molecule has 0 aliphatic heterocycles. The normalized spacial score (nSPS) is 12.7. The fraction of sp³-hybridized carbons (Fsp3) is 0.364. The Hall–Kier alpha value is -2.24. The molecule has 0 aliphatic carbocycles. The molecule has 0 spiro atoms. The number of rotatable bonds is 9. The van der Waals surface area contributed by atoms with Gasteiger partial charge in [-0.25, -0.2) is 0 Å². The summed E-state index contributed by atoms with van der Waals surface area (Å²) in [5, 5.41) is 4.09. The van der Waals surface area contributed by atoms with E-state index in [0.717, 1.165) is 12.0 Å². The second-order valence-corrected chi connectivity index (χ2v) is 7.76. The molecule has 2 aromatic rings. The Morgan fingerprint density at radius 2 is 1.76 bits per heavy atom. The van der Waals surface area contributed by atoms with Gasteiger partial charge in [0, 0.05) is 22.6 Å². The van der Waals surface area contributed by atoms with Crippen molar-refractivity contribution in [3.63, 3.8) is 0 Å². The van der Waals surface area contributed by atoms with Crippen molar-refractivity contribution in [3.8, 4) is 5.75 Å². The van der Waals surface area contributed by atoms with E-state index in [2.05, 4.69) is 5.32 Å². The monoisotopic (exact) mass is 436 g/mol.